The first kappa shape index (κ1) is 25.4. The number of nitrogens with zero attached hydrogens (tertiary/aromatic N) is 2. The zero-order valence-electron chi connectivity index (χ0n) is 21.3. The zero-order chi connectivity index (χ0) is 28.0. The Kier molecular flexibility index (Phi) is 6.39. The summed E-state index contributed by atoms with van der Waals surface area (Å²) in [4.78, 5) is 46.0. The van der Waals surface area contributed by atoms with E-state index in [4.69, 9.17) is 13.9 Å². The summed E-state index contributed by atoms with van der Waals surface area (Å²) in [5.74, 6) is -1.45. The number of hydrogen-bond donors (Lipinski definition) is 0. The van der Waals surface area contributed by atoms with Crippen molar-refractivity contribution in [3.05, 3.63) is 122 Å². The lowest BCUT2D eigenvalue weighted by Gasteiger charge is -2.23. The minimum absolute atomic E-state index is 0.0143. The number of anilines is 1. The van der Waals surface area contributed by atoms with Crippen LogP contribution in [0.15, 0.2) is 82.0 Å². The Morgan fingerprint density at radius 1 is 1.07 bits per heavy atom. The van der Waals surface area contributed by atoms with Crippen molar-refractivity contribution in [2.24, 2.45) is 0 Å². The maximum absolute atomic E-state index is 14.1. The maximum atomic E-state index is 14.1. The predicted molar refractivity (Wildman–Crippen MR) is 147 cm³/mol. The van der Waals surface area contributed by atoms with E-state index in [9.17, 15) is 18.8 Å². The molecule has 200 valence electrons. The Bertz CT molecular complexity index is 1850. The highest BCUT2D eigenvalue weighted by Crippen LogP contribution is 2.43. The Morgan fingerprint density at radius 2 is 1.88 bits per heavy atom. The molecule has 1 aliphatic heterocycles. The van der Waals surface area contributed by atoms with E-state index in [1.807, 2.05) is 30.3 Å². The van der Waals surface area contributed by atoms with Crippen molar-refractivity contribution in [3.63, 3.8) is 0 Å². The minimum atomic E-state index is -0.970. The van der Waals surface area contributed by atoms with Gasteiger partial charge in [-0.2, -0.15) is 0 Å². The van der Waals surface area contributed by atoms with Crippen molar-refractivity contribution in [2.45, 2.75) is 19.6 Å². The molecule has 40 heavy (non-hydrogen) atoms. The second-order valence-electron chi connectivity index (χ2n) is 9.14. The molecule has 3 aromatic carbocycles. The van der Waals surface area contributed by atoms with Crippen LogP contribution in [-0.4, -0.2) is 24.0 Å². The summed E-state index contributed by atoms with van der Waals surface area (Å²) in [6.45, 7) is 1.95. The van der Waals surface area contributed by atoms with Crippen LogP contribution >= 0.6 is 11.3 Å². The molecule has 2 aromatic heterocycles. The number of ether oxygens (including phenoxy) is 2. The lowest BCUT2D eigenvalue weighted by molar-refractivity contribution is 0.0605. The van der Waals surface area contributed by atoms with Gasteiger partial charge in [0, 0.05) is 0 Å². The molecule has 6 rings (SSSR count). The molecule has 0 saturated carbocycles. The standard InChI is InChI=1S/C30H21FN2O6S/c1-16-27(29(36)37-2)40-30(32-16)33-24(18-9-6-10-20(13-18)38-15-17-7-4-3-5-8-17)23-25(34)21-14-19(31)11-12-22(21)39-26(23)28(33)35/h3-14,24H,15H2,1-2H3. The van der Waals surface area contributed by atoms with Crippen LogP contribution in [0.4, 0.5) is 9.52 Å². The minimum Gasteiger partial charge on any atom is -0.489 e. The Labute approximate surface area is 231 Å². The number of rotatable bonds is 6. The van der Waals surface area contributed by atoms with E-state index in [2.05, 4.69) is 4.98 Å². The third-order valence-electron chi connectivity index (χ3n) is 6.62. The summed E-state index contributed by atoms with van der Waals surface area (Å²) in [6, 6.07) is 19.3. The summed E-state index contributed by atoms with van der Waals surface area (Å²) < 4.78 is 30.9. The fourth-order valence-electron chi connectivity index (χ4n) is 4.74. The Morgan fingerprint density at radius 3 is 2.65 bits per heavy atom. The molecule has 1 aliphatic rings. The molecule has 10 heteroatoms. The number of aryl methyl sites for hydroxylation is 1. The lowest BCUT2D eigenvalue weighted by Crippen LogP contribution is -2.29. The molecule has 0 bridgehead atoms. The van der Waals surface area contributed by atoms with Gasteiger partial charge in [-0.1, -0.05) is 53.8 Å². The molecule has 0 N–H and O–H groups in total. The van der Waals surface area contributed by atoms with Gasteiger partial charge >= 0.3 is 5.97 Å². The predicted octanol–water partition coefficient (Wildman–Crippen LogP) is 5.81. The van der Waals surface area contributed by atoms with Crippen LogP contribution in [-0.2, 0) is 11.3 Å². The van der Waals surface area contributed by atoms with Crippen molar-refractivity contribution in [3.8, 4) is 5.75 Å². The highest BCUT2D eigenvalue weighted by molar-refractivity contribution is 7.17. The van der Waals surface area contributed by atoms with E-state index in [1.54, 1.807) is 31.2 Å². The van der Waals surface area contributed by atoms with Gasteiger partial charge in [0.05, 0.1) is 29.8 Å². The van der Waals surface area contributed by atoms with Crippen molar-refractivity contribution >= 4 is 39.3 Å². The number of carbonyl (C=O) groups is 2. The second kappa shape index (κ2) is 10.0. The Hall–Kier alpha value is -4.83. The number of hydrogen-bond acceptors (Lipinski definition) is 8. The normalized spacial score (nSPS) is 14.4. The van der Waals surface area contributed by atoms with Crippen LogP contribution in [0.25, 0.3) is 11.0 Å². The molecular formula is C30H21FN2O6S. The van der Waals surface area contributed by atoms with Gasteiger partial charge in [-0.05, 0) is 48.4 Å². The smallest absolute Gasteiger partial charge is 0.350 e. The zero-order valence-corrected chi connectivity index (χ0v) is 22.2. The average molecular weight is 557 g/mol. The molecule has 1 atom stereocenters. The van der Waals surface area contributed by atoms with Crippen molar-refractivity contribution in [1.29, 1.82) is 0 Å². The first-order valence-corrected chi connectivity index (χ1v) is 13.1. The fourth-order valence-corrected chi connectivity index (χ4v) is 5.75. The molecule has 0 aliphatic carbocycles. The summed E-state index contributed by atoms with van der Waals surface area (Å²) in [5, 5.41) is 0.199. The molecule has 8 nitrogen and oxygen atoms in total. The molecule has 0 radical (unpaired) electrons. The van der Waals surface area contributed by atoms with Gasteiger partial charge in [0.1, 0.15) is 28.6 Å². The highest BCUT2D eigenvalue weighted by atomic mass is 32.1. The van der Waals surface area contributed by atoms with Crippen molar-refractivity contribution in [1.82, 2.24) is 4.98 Å². The van der Waals surface area contributed by atoms with Crippen LogP contribution in [0.5, 0.6) is 5.75 Å². The van der Waals surface area contributed by atoms with Gasteiger partial charge < -0.3 is 13.9 Å². The van der Waals surface area contributed by atoms with E-state index in [0.29, 0.717) is 23.6 Å². The second-order valence-corrected chi connectivity index (χ2v) is 10.1. The SMILES string of the molecule is COC(=O)c1sc(N2C(=O)c3oc4ccc(F)cc4c(=O)c3C2c2cccc(OCc3ccccc3)c2)nc1C. The monoisotopic (exact) mass is 556 g/mol. The van der Waals surface area contributed by atoms with Crippen LogP contribution in [0.1, 0.15) is 48.7 Å². The number of aromatic nitrogens is 1. The molecule has 3 heterocycles. The molecule has 0 fully saturated rings. The van der Waals surface area contributed by atoms with E-state index in [1.165, 1.54) is 18.1 Å². The summed E-state index contributed by atoms with van der Waals surface area (Å²) in [7, 11) is 1.26. The summed E-state index contributed by atoms with van der Waals surface area (Å²) in [5.41, 5.74) is 1.50. The Balaban J connectivity index is 1.50. The quantitative estimate of drug-likeness (QED) is 0.243. The van der Waals surface area contributed by atoms with Gasteiger partial charge in [0.15, 0.2) is 10.6 Å². The summed E-state index contributed by atoms with van der Waals surface area (Å²) >= 11 is 0.971. The number of fused-ring (bicyclic) bond motifs is 2. The number of amides is 1. The number of halogens is 1. The first-order chi connectivity index (χ1) is 19.4. The van der Waals surface area contributed by atoms with Gasteiger partial charge in [-0.3, -0.25) is 14.5 Å². The average Bonchev–Trinajstić information content (AvgIpc) is 3.49. The van der Waals surface area contributed by atoms with Gasteiger partial charge in [-0.25, -0.2) is 14.2 Å². The molecule has 1 unspecified atom stereocenters. The van der Waals surface area contributed by atoms with E-state index < -0.39 is 29.2 Å². The third kappa shape index (κ3) is 4.32. The van der Waals surface area contributed by atoms with Crippen molar-refractivity contribution < 1.29 is 27.9 Å². The third-order valence-corrected chi connectivity index (χ3v) is 7.75. The molecule has 0 spiro atoms. The molecule has 0 saturated heterocycles. The van der Waals surface area contributed by atoms with Gasteiger partial charge in [0.25, 0.3) is 5.91 Å². The van der Waals surface area contributed by atoms with Crippen molar-refractivity contribution in [2.75, 3.05) is 12.0 Å². The van der Waals surface area contributed by atoms with E-state index in [-0.39, 0.29) is 32.3 Å². The van der Waals surface area contributed by atoms with E-state index >= 15 is 0 Å². The maximum Gasteiger partial charge on any atom is 0.350 e. The number of benzene rings is 3. The van der Waals surface area contributed by atoms with E-state index in [0.717, 1.165) is 29.0 Å². The largest absolute Gasteiger partial charge is 0.489 e. The number of methoxy groups -OCH3 is 1. The first-order valence-electron chi connectivity index (χ1n) is 12.3. The van der Waals surface area contributed by atoms with Crippen LogP contribution in [0.3, 0.4) is 0 Å². The lowest BCUT2D eigenvalue weighted by atomic mass is 9.98. The number of carbonyl (C=O) groups excluding carboxylic acids is 2. The fraction of sp³-hybridized carbons (Fsp3) is 0.133. The van der Waals surface area contributed by atoms with Crippen LogP contribution in [0, 0.1) is 12.7 Å². The van der Waals surface area contributed by atoms with Gasteiger partial charge in [0.2, 0.25) is 5.76 Å². The highest BCUT2D eigenvalue weighted by Gasteiger charge is 2.45. The topological polar surface area (TPSA) is 98.9 Å². The molecule has 5 aromatic rings. The molecule has 1 amide bonds. The number of esters is 1. The van der Waals surface area contributed by atoms with Gasteiger partial charge in [-0.15, -0.1) is 0 Å². The number of thiazole rings is 1. The van der Waals surface area contributed by atoms with Crippen LogP contribution < -0.4 is 15.1 Å². The van der Waals surface area contributed by atoms with Crippen LogP contribution in [0.2, 0.25) is 0 Å². The summed E-state index contributed by atoms with van der Waals surface area (Å²) in [6.07, 6.45) is 0. The molecular weight excluding hydrogens is 535 g/mol.